The van der Waals surface area contributed by atoms with Crippen molar-refractivity contribution in [2.75, 3.05) is 13.2 Å². The van der Waals surface area contributed by atoms with Crippen molar-refractivity contribution in [3.05, 3.63) is 34.6 Å². The molecule has 0 saturated carbocycles. The first-order valence-electron chi connectivity index (χ1n) is 5.51. The molecule has 1 heterocycles. The number of rotatable bonds is 3. The van der Waals surface area contributed by atoms with Gasteiger partial charge in [-0.2, -0.15) is 0 Å². The van der Waals surface area contributed by atoms with Crippen LogP contribution < -0.4 is 5.32 Å². The average molecular weight is 258 g/mol. The van der Waals surface area contributed by atoms with Crippen LogP contribution in [0.4, 0.5) is 4.39 Å². The molecule has 17 heavy (non-hydrogen) atoms. The van der Waals surface area contributed by atoms with Crippen molar-refractivity contribution >= 4 is 17.5 Å². The topological polar surface area (TPSA) is 38.3 Å². The van der Waals surface area contributed by atoms with E-state index in [1.807, 2.05) is 0 Å². The fourth-order valence-corrected chi connectivity index (χ4v) is 1.94. The molecule has 0 aromatic heterocycles. The second-order valence-electron chi connectivity index (χ2n) is 3.97. The first kappa shape index (κ1) is 12.3. The maximum absolute atomic E-state index is 13.4. The molecule has 1 amide bonds. The maximum Gasteiger partial charge on any atom is 0.254 e. The summed E-state index contributed by atoms with van der Waals surface area (Å²) in [5.41, 5.74) is 0.00685. The first-order valence-corrected chi connectivity index (χ1v) is 5.89. The Morgan fingerprint density at radius 2 is 2.41 bits per heavy atom. The molecule has 1 aliphatic heterocycles. The quantitative estimate of drug-likeness (QED) is 0.903. The van der Waals surface area contributed by atoms with Crippen LogP contribution in [-0.2, 0) is 4.74 Å². The van der Waals surface area contributed by atoms with E-state index in [1.165, 1.54) is 12.1 Å². The summed E-state index contributed by atoms with van der Waals surface area (Å²) in [4.78, 5) is 11.7. The minimum Gasteiger partial charge on any atom is -0.376 e. The second-order valence-corrected chi connectivity index (χ2v) is 4.41. The molecule has 2 rings (SSSR count). The largest absolute Gasteiger partial charge is 0.376 e. The van der Waals surface area contributed by atoms with E-state index in [0.29, 0.717) is 6.54 Å². The van der Waals surface area contributed by atoms with E-state index in [9.17, 15) is 9.18 Å². The van der Waals surface area contributed by atoms with Crippen LogP contribution >= 0.6 is 11.6 Å². The predicted molar refractivity (Wildman–Crippen MR) is 62.7 cm³/mol. The molecule has 5 heteroatoms. The molecule has 1 saturated heterocycles. The van der Waals surface area contributed by atoms with Crippen LogP contribution in [0.5, 0.6) is 0 Å². The lowest BCUT2D eigenvalue weighted by molar-refractivity contribution is 0.0854. The molecule has 1 aromatic carbocycles. The van der Waals surface area contributed by atoms with Crippen molar-refractivity contribution in [1.82, 2.24) is 5.32 Å². The van der Waals surface area contributed by atoms with Crippen LogP contribution in [0.1, 0.15) is 23.2 Å². The number of carbonyl (C=O) groups is 1. The van der Waals surface area contributed by atoms with Gasteiger partial charge in [0.25, 0.3) is 5.91 Å². The van der Waals surface area contributed by atoms with Gasteiger partial charge in [-0.3, -0.25) is 4.79 Å². The Kier molecular flexibility index (Phi) is 3.97. The standard InChI is InChI=1S/C12H13ClFNO2/c13-8-3-4-10(11(14)6-8)12(16)15-7-9-2-1-5-17-9/h3-4,6,9H,1-2,5,7H2,(H,15,16). The van der Waals surface area contributed by atoms with Crippen LogP contribution in [-0.4, -0.2) is 25.2 Å². The van der Waals surface area contributed by atoms with E-state index < -0.39 is 11.7 Å². The highest BCUT2D eigenvalue weighted by atomic mass is 35.5. The molecule has 1 fully saturated rings. The van der Waals surface area contributed by atoms with E-state index >= 15 is 0 Å². The zero-order chi connectivity index (χ0) is 12.3. The van der Waals surface area contributed by atoms with Crippen molar-refractivity contribution in [3.8, 4) is 0 Å². The van der Waals surface area contributed by atoms with Gasteiger partial charge in [-0.05, 0) is 31.0 Å². The van der Waals surface area contributed by atoms with Gasteiger partial charge in [0, 0.05) is 18.2 Å². The minimum atomic E-state index is -0.609. The monoisotopic (exact) mass is 257 g/mol. The average Bonchev–Trinajstić information content (AvgIpc) is 2.78. The highest BCUT2D eigenvalue weighted by Crippen LogP contribution is 2.15. The number of halogens is 2. The van der Waals surface area contributed by atoms with E-state index in [4.69, 9.17) is 16.3 Å². The first-order chi connectivity index (χ1) is 8.16. The molecule has 1 aliphatic rings. The van der Waals surface area contributed by atoms with Gasteiger partial charge in [-0.15, -0.1) is 0 Å². The third-order valence-electron chi connectivity index (χ3n) is 2.69. The molecule has 92 valence electrons. The van der Waals surface area contributed by atoms with E-state index in [0.717, 1.165) is 25.5 Å². The van der Waals surface area contributed by atoms with E-state index in [-0.39, 0.29) is 16.7 Å². The van der Waals surface area contributed by atoms with Crippen molar-refractivity contribution < 1.29 is 13.9 Å². The molecule has 0 bridgehead atoms. The number of ether oxygens (including phenoxy) is 1. The van der Waals surface area contributed by atoms with Crippen LogP contribution in [0, 0.1) is 5.82 Å². The Morgan fingerprint density at radius 1 is 1.59 bits per heavy atom. The summed E-state index contributed by atoms with van der Waals surface area (Å²) in [6.07, 6.45) is 1.99. The Balaban J connectivity index is 1.94. The zero-order valence-electron chi connectivity index (χ0n) is 9.21. The van der Waals surface area contributed by atoms with Crippen LogP contribution in [0.15, 0.2) is 18.2 Å². The van der Waals surface area contributed by atoms with Gasteiger partial charge in [0.15, 0.2) is 0 Å². The summed E-state index contributed by atoms with van der Waals surface area (Å²) in [6.45, 7) is 1.15. The van der Waals surface area contributed by atoms with Crippen molar-refractivity contribution in [1.29, 1.82) is 0 Å². The molecular weight excluding hydrogens is 245 g/mol. The third-order valence-corrected chi connectivity index (χ3v) is 2.93. The van der Waals surface area contributed by atoms with Crippen molar-refractivity contribution in [2.45, 2.75) is 18.9 Å². The van der Waals surface area contributed by atoms with Gasteiger partial charge in [0.1, 0.15) is 5.82 Å². The lowest BCUT2D eigenvalue weighted by Crippen LogP contribution is -2.32. The number of hydrogen-bond acceptors (Lipinski definition) is 2. The summed E-state index contributed by atoms with van der Waals surface area (Å²) in [7, 11) is 0. The summed E-state index contributed by atoms with van der Waals surface area (Å²) in [5.74, 6) is -1.04. The van der Waals surface area contributed by atoms with Gasteiger partial charge in [-0.25, -0.2) is 4.39 Å². The van der Waals surface area contributed by atoms with Gasteiger partial charge >= 0.3 is 0 Å². The number of nitrogens with one attached hydrogen (secondary N) is 1. The summed E-state index contributed by atoms with van der Waals surface area (Å²) in [6, 6.07) is 4.00. The normalized spacial score (nSPS) is 19.3. The lowest BCUT2D eigenvalue weighted by Gasteiger charge is -2.11. The van der Waals surface area contributed by atoms with Gasteiger partial charge in [0.2, 0.25) is 0 Å². The molecule has 1 atom stereocenters. The maximum atomic E-state index is 13.4. The van der Waals surface area contributed by atoms with Crippen molar-refractivity contribution in [2.24, 2.45) is 0 Å². The smallest absolute Gasteiger partial charge is 0.254 e. The van der Waals surface area contributed by atoms with Gasteiger partial charge in [0.05, 0.1) is 11.7 Å². The minimum absolute atomic E-state index is 0.00685. The summed E-state index contributed by atoms with van der Waals surface area (Å²) < 4.78 is 18.8. The highest BCUT2D eigenvalue weighted by Gasteiger charge is 2.18. The Labute approximate surface area is 104 Å². The highest BCUT2D eigenvalue weighted by molar-refractivity contribution is 6.30. The second kappa shape index (κ2) is 5.47. The molecule has 1 unspecified atom stereocenters. The van der Waals surface area contributed by atoms with E-state index in [2.05, 4.69) is 5.32 Å². The Bertz CT molecular complexity index is 419. The van der Waals surface area contributed by atoms with Crippen LogP contribution in [0.25, 0.3) is 0 Å². The lowest BCUT2D eigenvalue weighted by atomic mass is 10.2. The van der Waals surface area contributed by atoms with E-state index in [1.54, 1.807) is 0 Å². The van der Waals surface area contributed by atoms with Gasteiger partial charge < -0.3 is 10.1 Å². The predicted octanol–water partition coefficient (Wildman–Crippen LogP) is 2.39. The molecule has 0 aliphatic carbocycles. The number of hydrogen-bond donors (Lipinski definition) is 1. The fourth-order valence-electron chi connectivity index (χ4n) is 1.78. The SMILES string of the molecule is O=C(NCC1CCCO1)c1ccc(Cl)cc1F. The number of amides is 1. The molecular formula is C12H13ClFNO2. The zero-order valence-corrected chi connectivity index (χ0v) is 9.97. The number of carbonyl (C=O) groups excluding carboxylic acids is 1. The Hall–Kier alpha value is -1.13. The number of benzene rings is 1. The molecule has 1 N–H and O–H groups in total. The molecule has 1 aromatic rings. The molecule has 3 nitrogen and oxygen atoms in total. The fraction of sp³-hybridized carbons (Fsp3) is 0.417. The molecule has 0 radical (unpaired) electrons. The van der Waals surface area contributed by atoms with Crippen molar-refractivity contribution in [3.63, 3.8) is 0 Å². The van der Waals surface area contributed by atoms with Crippen LogP contribution in [0.2, 0.25) is 5.02 Å². The third kappa shape index (κ3) is 3.17. The van der Waals surface area contributed by atoms with Gasteiger partial charge in [-0.1, -0.05) is 11.6 Å². The van der Waals surface area contributed by atoms with Crippen LogP contribution in [0.3, 0.4) is 0 Å². The summed E-state index contributed by atoms with van der Waals surface area (Å²) >= 11 is 5.61. The summed E-state index contributed by atoms with van der Waals surface area (Å²) in [5, 5.41) is 2.93. The Morgan fingerprint density at radius 3 is 3.06 bits per heavy atom. The molecule has 0 spiro atoms.